The van der Waals surface area contributed by atoms with Gasteiger partial charge in [0.1, 0.15) is 5.82 Å². The summed E-state index contributed by atoms with van der Waals surface area (Å²) in [5.74, 6) is 5.38. The number of hydrogen-bond acceptors (Lipinski definition) is 3. The lowest BCUT2D eigenvalue weighted by molar-refractivity contribution is 0.559. The number of rotatable bonds is 4. The van der Waals surface area contributed by atoms with Gasteiger partial charge < -0.3 is 0 Å². The molecule has 1 aliphatic rings. The Labute approximate surface area is 126 Å². The molecule has 1 aliphatic carbocycles. The van der Waals surface area contributed by atoms with Crippen LogP contribution in [-0.2, 0) is 19.3 Å². The number of benzene rings is 1. The van der Waals surface area contributed by atoms with Crippen LogP contribution in [0.1, 0.15) is 33.3 Å². The van der Waals surface area contributed by atoms with Gasteiger partial charge in [0.05, 0.1) is 6.04 Å². The van der Waals surface area contributed by atoms with Crippen LogP contribution in [0.25, 0.3) is 0 Å². The fourth-order valence-electron chi connectivity index (χ4n) is 2.67. The monoisotopic (exact) mass is 310 g/mol. The first-order chi connectivity index (χ1) is 9.67. The maximum absolute atomic E-state index is 13.1. The highest BCUT2D eigenvalue weighted by Gasteiger charge is 2.20. The number of hydrazine groups is 1. The van der Waals surface area contributed by atoms with Crippen molar-refractivity contribution in [2.45, 2.75) is 31.7 Å². The molecule has 0 radical (unpaired) electrons. The van der Waals surface area contributed by atoms with Crippen molar-refractivity contribution in [3.8, 4) is 0 Å². The summed E-state index contributed by atoms with van der Waals surface area (Å²) in [5.41, 5.74) is 5.22. The van der Waals surface area contributed by atoms with Crippen LogP contribution in [0.2, 0.25) is 5.02 Å². The molecule has 2 aromatic rings. The summed E-state index contributed by atoms with van der Waals surface area (Å²) in [5, 5.41) is 0.453. The quantitative estimate of drug-likeness (QED) is 0.666. The summed E-state index contributed by atoms with van der Waals surface area (Å²) in [4.78, 5) is 2.71. The Balaban J connectivity index is 1.82. The molecule has 0 saturated carbocycles. The zero-order valence-electron chi connectivity index (χ0n) is 11.0. The minimum absolute atomic E-state index is 0.0218. The minimum Gasteiger partial charge on any atom is -0.271 e. The van der Waals surface area contributed by atoms with Crippen molar-refractivity contribution < 1.29 is 4.39 Å². The Hall–Kier alpha value is -0.940. The molecular weight excluding hydrogens is 295 g/mol. The highest BCUT2D eigenvalue weighted by Crippen LogP contribution is 2.35. The number of aryl methyl sites for hydroxylation is 2. The summed E-state index contributed by atoms with van der Waals surface area (Å²) in [6, 6.07) is 6.77. The van der Waals surface area contributed by atoms with Crippen molar-refractivity contribution in [1.29, 1.82) is 0 Å². The number of halogens is 2. The molecule has 1 unspecified atom stereocenters. The van der Waals surface area contributed by atoms with Crippen LogP contribution in [0, 0.1) is 5.82 Å². The second-order valence-corrected chi connectivity index (χ2v) is 6.69. The summed E-state index contributed by atoms with van der Waals surface area (Å²) >= 11 is 7.91. The van der Waals surface area contributed by atoms with E-state index >= 15 is 0 Å². The number of nitrogens with two attached hydrogens (primary N) is 1. The van der Waals surface area contributed by atoms with Crippen LogP contribution in [0.4, 0.5) is 4.39 Å². The van der Waals surface area contributed by atoms with Gasteiger partial charge in [-0.3, -0.25) is 11.3 Å². The van der Waals surface area contributed by atoms with E-state index in [1.54, 1.807) is 6.07 Å². The lowest BCUT2D eigenvalue weighted by Gasteiger charge is -2.15. The summed E-state index contributed by atoms with van der Waals surface area (Å²) in [7, 11) is 0. The molecule has 3 rings (SSSR count). The molecule has 0 spiro atoms. The average molecular weight is 311 g/mol. The molecule has 1 aromatic carbocycles. The predicted octanol–water partition coefficient (Wildman–Crippen LogP) is 3.78. The largest absolute Gasteiger partial charge is 0.271 e. The van der Waals surface area contributed by atoms with Crippen molar-refractivity contribution in [1.82, 2.24) is 5.43 Å². The Morgan fingerprint density at radius 3 is 2.90 bits per heavy atom. The van der Waals surface area contributed by atoms with Gasteiger partial charge in [-0.15, -0.1) is 11.3 Å². The van der Waals surface area contributed by atoms with E-state index in [9.17, 15) is 4.39 Å². The standard InChI is InChI=1S/C15H16ClFN2S/c16-12-8-11(17)5-4-9(12)6-13(19-18)15-7-10-2-1-3-14(10)20-15/h4-5,7-8,13,19H,1-3,6,18H2. The van der Waals surface area contributed by atoms with E-state index in [0.29, 0.717) is 11.4 Å². The van der Waals surface area contributed by atoms with Gasteiger partial charge in [-0.05, 0) is 55.0 Å². The first-order valence-corrected chi connectivity index (χ1v) is 7.88. The number of fused-ring (bicyclic) bond motifs is 1. The van der Waals surface area contributed by atoms with E-state index in [2.05, 4.69) is 11.5 Å². The molecular formula is C15H16ClFN2S. The second kappa shape index (κ2) is 5.82. The van der Waals surface area contributed by atoms with Crippen LogP contribution >= 0.6 is 22.9 Å². The zero-order chi connectivity index (χ0) is 14.1. The fraction of sp³-hybridized carbons (Fsp3) is 0.333. The van der Waals surface area contributed by atoms with E-state index in [4.69, 9.17) is 17.4 Å². The number of thiophene rings is 1. The smallest absolute Gasteiger partial charge is 0.124 e. The molecule has 20 heavy (non-hydrogen) atoms. The average Bonchev–Trinajstić information content (AvgIpc) is 2.98. The third-order valence-electron chi connectivity index (χ3n) is 3.75. The molecule has 0 fully saturated rings. The highest BCUT2D eigenvalue weighted by atomic mass is 35.5. The zero-order valence-corrected chi connectivity index (χ0v) is 12.5. The maximum Gasteiger partial charge on any atom is 0.124 e. The van der Waals surface area contributed by atoms with Crippen molar-refractivity contribution in [2.24, 2.45) is 5.84 Å². The van der Waals surface area contributed by atoms with Crippen molar-refractivity contribution >= 4 is 22.9 Å². The van der Waals surface area contributed by atoms with Crippen LogP contribution in [0.15, 0.2) is 24.3 Å². The summed E-state index contributed by atoms with van der Waals surface area (Å²) in [6.45, 7) is 0. The molecule has 106 valence electrons. The van der Waals surface area contributed by atoms with E-state index in [1.165, 1.54) is 46.7 Å². The first-order valence-electron chi connectivity index (χ1n) is 6.69. The predicted molar refractivity (Wildman–Crippen MR) is 81.5 cm³/mol. The van der Waals surface area contributed by atoms with E-state index in [-0.39, 0.29) is 11.9 Å². The molecule has 1 aromatic heterocycles. The van der Waals surface area contributed by atoms with Gasteiger partial charge in [-0.1, -0.05) is 17.7 Å². The molecule has 0 amide bonds. The number of nitrogens with one attached hydrogen (secondary N) is 1. The highest BCUT2D eigenvalue weighted by molar-refractivity contribution is 7.12. The normalized spacial score (nSPS) is 15.3. The number of hydrogen-bond donors (Lipinski definition) is 2. The van der Waals surface area contributed by atoms with Crippen LogP contribution < -0.4 is 11.3 Å². The molecule has 0 saturated heterocycles. The summed E-state index contributed by atoms with van der Waals surface area (Å²) in [6.07, 6.45) is 4.26. The van der Waals surface area contributed by atoms with E-state index in [0.717, 1.165) is 5.56 Å². The first kappa shape index (κ1) is 14.0. The van der Waals surface area contributed by atoms with Crippen LogP contribution in [0.5, 0.6) is 0 Å². The summed E-state index contributed by atoms with van der Waals surface area (Å²) < 4.78 is 13.1. The third-order valence-corrected chi connectivity index (χ3v) is 5.45. The Morgan fingerprint density at radius 1 is 1.35 bits per heavy atom. The third kappa shape index (κ3) is 2.74. The van der Waals surface area contributed by atoms with Crippen LogP contribution in [0.3, 0.4) is 0 Å². The van der Waals surface area contributed by atoms with E-state index in [1.807, 2.05) is 11.3 Å². The Kier molecular flexibility index (Phi) is 4.08. The molecule has 3 N–H and O–H groups in total. The Morgan fingerprint density at radius 2 is 2.20 bits per heavy atom. The van der Waals surface area contributed by atoms with E-state index < -0.39 is 0 Å². The van der Waals surface area contributed by atoms with Crippen molar-refractivity contribution in [3.05, 3.63) is 56.0 Å². The van der Waals surface area contributed by atoms with Crippen LogP contribution in [-0.4, -0.2) is 0 Å². The second-order valence-electron chi connectivity index (χ2n) is 5.11. The molecule has 0 bridgehead atoms. The van der Waals surface area contributed by atoms with Gasteiger partial charge >= 0.3 is 0 Å². The van der Waals surface area contributed by atoms with Gasteiger partial charge in [0, 0.05) is 14.8 Å². The van der Waals surface area contributed by atoms with Gasteiger partial charge in [0.25, 0.3) is 0 Å². The fourth-order valence-corrected chi connectivity index (χ4v) is 4.23. The minimum atomic E-state index is -0.314. The van der Waals surface area contributed by atoms with Crippen molar-refractivity contribution in [3.63, 3.8) is 0 Å². The molecule has 0 aliphatic heterocycles. The van der Waals surface area contributed by atoms with Gasteiger partial charge in [-0.25, -0.2) is 4.39 Å². The van der Waals surface area contributed by atoms with Gasteiger partial charge in [-0.2, -0.15) is 0 Å². The molecule has 1 atom stereocenters. The molecule has 2 nitrogen and oxygen atoms in total. The Bertz CT molecular complexity index is 605. The van der Waals surface area contributed by atoms with Gasteiger partial charge in [0.2, 0.25) is 0 Å². The lowest BCUT2D eigenvalue weighted by Crippen LogP contribution is -2.29. The topological polar surface area (TPSA) is 38.0 Å². The SMILES string of the molecule is NNC(Cc1ccc(F)cc1Cl)c1cc2c(s1)CCC2. The van der Waals surface area contributed by atoms with Gasteiger partial charge in [0.15, 0.2) is 0 Å². The lowest BCUT2D eigenvalue weighted by atomic mass is 10.0. The van der Waals surface area contributed by atoms with Crippen molar-refractivity contribution in [2.75, 3.05) is 0 Å². The molecule has 1 heterocycles. The molecule has 5 heteroatoms. The maximum atomic E-state index is 13.1.